The highest BCUT2D eigenvalue weighted by Gasteiger charge is 2.22. The van der Waals surface area contributed by atoms with Crippen molar-refractivity contribution >= 4 is 0 Å². The third-order valence-electron chi connectivity index (χ3n) is 7.57. The van der Waals surface area contributed by atoms with Gasteiger partial charge in [-0.2, -0.15) is 0 Å². The van der Waals surface area contributed by atoms with Gasteiger partial charge in [0.15, 0.2) is 0 Å². The molecule has 0 radical (unpaired) electrons. The highest BCUT2D eigenvalue weighted by atomic mass is 16.5. The van der Waals surface area contributed by atoms with E-state index >= 15 is 0 Å². The number of likely N-dealkylation sites (tertiary alicyclic amines) is 2. The smallest absolute Gasteiger partial charge is 0.122 e. The molecule has 180 valence electrons. The van der Waals surface area contributed by atoms with E-state index in [1.807, 2.05) is 0 Å². The van der Waals surface area contributed by atoms with E-state index in [1.165, 1.54) is 61.0 Å². The normalized spacial score (nSPS) is 21.6. The van der Waals surface area contributed by atoms with Gasteiger partial charge in [0.1, 0.15) is 11.5 Å². The molecule has 4 heteroatoms. The van der Waals surface area contributed by atoms with E-state index < -0.39 is 0 Å². The average molecular weight is 451 g/mol. The van der Waals surface area contributed by atoms with E-state index in [-0.39, 0.29) is 0 Å². The lowest BCUT2D eigenvalue weighted by Crippen LogP contribution is -2.26. The molecule has 0 saturated carbocycles. The van der Waals surface area contributed by atoms with Gasteiger partial charge in [-0.25, -0.2) is 0 Å². The number of ether oxygens (including phenoxy) is 2. The standard InChI is InChI=1S/C29H42N2O2/c1-22-9-11-28(32-17-13-26-7-5-15-30(26)3)24(19-22)21-25-20-23(2)10-12-29(25)33-18-14-27-8-6-16-31(27)4/h9-12,19-20,26-27H,5-8,13-18,21H2,1-4H3. The van der Waals surface area contributed by atoms with Crippen LogP contribution in [0.2, 0.25) is 0 Å². The second-order valence-electron chi connectivity index (χ2n) is 10.2. The second-order valence-corrected chi connectivity index (χ2v) is 10.2. The Bertz CT molecular complexity index is 839. The molecule has 0 aliphatic carbocycles. The molecule has 0 amide bonds. The van der Waals surface area contributed by atoms with Gasteiger partial charge >= 0.3 is 0 Å². The van der Waals surface area contributed by atoms with Gasteiger partial charge < -0.3 is 19.3 Å². The van der Waals surface area contributed by atoms with Crippen molar-refractivity contribution in [1.29, 1.82) is 0 Å². The Morgan fingerprint density at radius 2 is 1.18 bits per heavy atom. The average Bonchev–Trinajstić information content (AvgIpc) is 3.39. The van der Waals surface area contributed by atoms with Crippen molar-refractivity contribution < 1.29 is 9.47 Å². The topological polar surface area (TPSA) is 24.9 Å². The molecule has 2 saturated heterocycles. The number of aryl methyl sites for hydroxylation is 2. The zero-order chi connectivity index (χ0) is 23.2. The quantitative estimate of drug-likeness (QED) is 0.469. The Hall–Kier alpha value is -2.04. The maximum atomic E-state index is 6.33. The van der Waals surface area contributed by atoms with Crippen molar-refractivity contribution in [1.82, 2.24) is 9.80 Å². The van der Waals surface area contributed by atoms with Crippen molar-refractivity contribution in [3.8, 4) is 11.5 Å². The third kappa shape index (κ3) is 6.51. The maximum Gasteiger partial charge on any atom is 0.122 e. The predicted molar refractivity (Wildman–Crippen MR) is 137 cm³/mol. The Balaban J connectivity index is 1.41. The predicted octanol–water partition coefficient (Wildman–Crippen LogP) is 5.62. The molecule has 0 spiro atoms. The van der Waals surface area contributed by atoms with E-state index in [0.29, 0.717) is 12.1 Å². The summed E-state index contributed by atoms with van der Waals surface area (Å²) in [5.41, 5.74) is 5.04. The van der Waals surface area contributed by atoms with Gasteiger partial charge in [-0.3, -0.25) is 0 Å². The molecule has 2 aromatic rings. The highest BCUT2D eigenvalue weighted by Crippen LogP contribution is 2.29. The first-order valence-electron chi connectivity index (χ1n) is 12.8. The first kappa shape index (κ1) is 24.1. The summed E-state index contributed by atoms with van der Waals surface area (Å²) in [5, 5.41) is 0. The highest BCUT2D eigenvalue weighted by molar-refractivity contribution is 5.45. The Kier molecular flexibility index (Phi) is 8.32. The zero-order valence-corrected chi connectivity index (χ0v) is 21.1. The molecule has 2 heterocycles. The van der Waals surface area contributed by atoms with E-state index in [2.05, 4.69) is 74.1 Å². The van der Waals surface area contributed by atoms with Gasteiger partial charge in [0.25, 0.3) is 0 Å². The Morgan fingerprint density at radius 3 is 1.58 bits per heavy atom. The number of rotatable bonds is 10. The third-order valence-corrected chi connectivity index (χ3v) is 7.57. The van der Waals surface area contributed by atoms with Crippen LogP contribution in [0.1, 0.15) is 60.8 Å². The van der Waals surface area contributed by atoms with Crippen LogP contribution in [0.4, 0.5) is 0 Å². The first-order chi connectivity index (χ1) is 16.0. The van der Waals surface area contributed by atoms with E-state index in [1.54, 1.807) is 0 Å². The van der Waals surface area contributed by atoms with Crippen molar-refractivity contribution in [2.24, 2.45) is 0 Å². The lowest BCUT2D eigenvalue weighted by Gasteiger charge is -2.21. The van der Waals surface area contributed by atoms with Gasteiger partial charge in [-0.05, 0) is 103 Å². The maximum absolute atomic E-state index is 6.33. The summed E-state index contributed by atoms with van der Waals surface area (Å²) in [5.74, 6) is 2.03. The largest absolute Gasteiger partial charge is 0.493 e. The molecular weight excluding hydrogens is 408 g/mol. The second kappa shape index (κ2) is 11.4. The molecule has 0 bridgehead atoms. The van der Waals surface area contributed by atoms with Crippen molar-refractivity contribution in [2.45, 2.75) is 70.9 Å². The van der Waals surface area contributed by atoms with Crippen molar-refractivity contribution in [3.05, 3.63) is 58.7 Å². The zero-order valence-electron chi connectivity index (χ0n) is 21.1. The molecule has 0 N–H and O–H groups in total. The molecule has 2 unspecified atom stereocenters. The first-order valence-corrected chi connectivity index (χ1v) is 12.8. The lowest BCUT2D eigenvalue weighted by atomic mass is 9.99. The molecule has 0 aromatic heterocycles. The number of nitrogens with zero attached hydrogens (tertiary/aromatic N) is 2. The van der Waals surface area contributed by atoms with Gasteiger partial charge in [-0.15, -0.1) is 0 Å². The number of hydrogen-bond donors (Lipinski definition) is 0. The van der Waals surface area contributed by atoms with Crippen molar-refractivity contribution in [2.75, 3.05) is 40.4 Å². The molecule has 4 rings (SSSR count). The molecular formula is C29H42N2O2. The summed E-state index contributed by atoms with van der Waals surface area (Å²) in [6, 6.07) is 14.5. The molecule has 33 heavy (non-hydrogen) atoms. The molecule has 2 aliphatic rings. The fraction of sp³-hybridized carbons (Fsp3) is 0.586. The van der Waals surface area contributed by atoms with Crippen molar-refractivity contribution in [3.63, 3.8) is 0 Å². The van der Waals surface area contributed by atoms with Crippen LogP contribution < -0.4 is 9.47 Å². The van der Waals surface area contributed by atoms with Crippen LogP contribution in [-0.4, -0.2) is 62.3 Å². The molecule has 2 atom stereocenters. The van der Waals surface area contributed by atoms with Crippen LogP contribution in [0.15, 0.2) is 36.4 Å². The monoisotopic (exact) mass is 450 g/mol. The van der Waals surface area contributed by atoms with Gasteiger partial charge in [-0.1, -0.05) is 35.4 Å². The van der Waals surface area contributed by atoms with Gasteiger partial charge in [0, 0.05) is 18.5 Å². The number of hydrogen-bond acceptors (Lipinski definition) is 4. The van der Waals surface area contributed by atoms with E-state index in [0.717, 1.165) is 44.0 Å². The fourth-order valence-corrected chi connectivity index (χ4v) is 5.48. The molecule has 4 nitrogen and oxygen atoms in total. The fourth-order valence-electron chi connectivity index (χ4n) is 5.48. The van der Waals surface area contributed by atoms with Crippen LogP contribution >= 0.6 is 0 Å². The SMILES string of the molecule is Cc1ccc(OCCC2CCCN2C)c(Cc2cc(C)ccc2OCCC2CCCN2C)c1. The Labute approximate surface area is 200 Å². The van der Waals surface area contributed by atoms with E-state index in [9.17, 15) is 0 Å². The minimum Gasteiger partial charge on any atom is -0.493 e. The molecule has 2 fully saturated rings. The summed E-state index contributed by atoms with van der Waals surface area (Å²) in [6.45, 7) is 8.30. The molecule has 2 aliphatic heterocycles. The Morgan fingerprint density at radius 1 is 0.727 bits per heavy atom. The summed E-state index contributed by atoms with van der Waals surface area (Å²) in [7, 11) is 4.47. The van der Waals surface area contributed by atoms with Gasteiger partial charge in [0.2, 0.25) is 0 Å². The summed E-state index contributed by atoms with van der Waals surface area (Å²) >= 11 is 0. The summed E-state index contributed by atoms with van der Waals surface area (Å²) < 4.78 is 12.7. The van der Waals surface area contributed by atoms with Crippen LogP contribution in [0.3, 0.4) is 0 Å². The summed E-state index contributed by atoms with van der Waals surface area (Å²) in [4.78, 5) is 4.94. The van der Waals surface area contributed by atoms with Crippen LogP contribution in [-0.2, 0) is 6.42 Å². The summed E-state index contributed by atoms with van der Waals surface area (Å²) in [6.07, 6.45) is 8.23. The lowest BCUT2D eigenvalue weighted by molar-refractivity contribution is 0.231. The number of benzene rings is 2. The minimum atomic E-state index is 0.662. The molecule has 2 aromatic carbocycles. The van der Waals surface area contributed by atoms with Crippen LogP contribution in [0.25, 0.3) is 0 Å². The minimum absolute atomic E-state index is 0.662. The van der Waals surface area contributed by atoms with Gasteiger partial charge in [0.05, 0.1) is 13.2 Å². The van der Waals surface area contributed by atoms with Crippen LogP contribution in [0.5, 0.6) is 11.5 Å². The van der Waals surface area contributed by atoms with Crippen LogP contribution in [0, 0.1) is 13.8 Å². The van der Waals surface area contributed by atoms with E-state index in [4.69, 9.17) is 9.47 Å².